The van der Waals surface area contributed by atoms with Crippen LogP contribution in [0.4, 0.5) is 10.1 Å². The van der Waals surface area contributed by atoms with Gasteiger partial charge in [-0.25, -0.2) is 9.38 Å². The fraction of sp³-hybridized carbons (Fsp3) is 0.588. The molecular weight excluding hydrogens is 406 g/mol. The SMILES string of the molecule is CCN(CC)c1ccc(CN=C(N)NCC2CCC2)cc1F.I. The Labute approximate surface area is 155 Å². The second-order valence-electron chi connectivity index (χ2n) is 5.84. The molecule has 0 aromatic heterocycles. The van der Waals surface area contributed by atoms with Crippen LogP contribution in [0.15, 0.2) is 23.2 Å². The number of benzene rings is 1. The Kier molecular flexibility index (Phi) is 8.65. The average Bonchev–Trinajstić information content (AvgIpc) is 2.46. The van der Waals surface area contributed by atoms with E-state index in [1.807, 2.05) is 30.9 Å². The van der Waals surface area contributed by atoms with Crippen molar-refractivity contribution in [3.8, 4) is 0 Å². The first-order valence-electron chi connectivity index (χ1n) is 8.21. The Morgan fingerprint density at radius 2 is 2.04 bits per heavy atom. The van der Waals surface area contributed by atoms with Gasteiger partial charge in [0.1, 0.15) is 5.82 Å². The molecule has 0 saturated heterocycles. The molecule has 3 N–H and O–H groups in total. The van der Waals surface area contributed by atoms with Crippen LogP contribution in [-0.4, -0.2) is 25.6 Å². The van der Waals surface area contributed by atoms with Gasteiger partial charge >= 0.3 is 0 Å². The van der Waals surface area contributed by atoms with Crippen molar-refractivity contribution in [1.82, 2.24) is 5.32 Å². The summed E-state index contributed by atoms with van der Waals surface area (Å²) < 4.78 is 14.2. The molecule has 4 nitrogen and oxygen atoms in total. The molecule has 6 heteroatoms. The number of nitrogens with one attached hydrogen (secondary N) is 1. The van der Waals surface area contributed by atoms with Crippen molar-refractivity contribution < 1.29 is 4.39 Å². The van der Waals surface area contributed by atoms with Crippen molar-refractivity contribution >= 4 is 35.6 Å². The van der Waals surface area contributed by atoms with E-state index in [1.165, 1.54) is 19.3 Å². The van der Waals surface area contributed by atoms with Crippen molar-refractivity contribution in [3.05, 3.63) is 29.6 Å². The predicted octanol–water partition coefficient (Wildman–Crippen LogP) is 3.49. The second-order valence-corrected chi connectivity index (χ2v) is 5.84. The van der Waals surface area contributed by atoms with Crippen molar-refractivity contribution in [1.29, 1.82) is 0 Å². The number of guanidine groups is 1. The number of hydrogen-bond donors (Lipinski definition) is 2. The average molecular weight is 434 g/mol. The zero-order valence-corrected chi connectivity index (χ0v) is 16.3. The largest absolute Gasteiger partial charge is 0.370 e. The molecule has 23 heavy (non-hydrogen) atoms. The fourth-order valence-corrected chi connectivity index (χ4v) is 2.65. The minimum absolute atomic E-state index is 0. The number of rotatable bonds is 7. The molecule has 0 amide bonds. The van der Waals surface area contributed by atoms with Gasteiger partial charge in [0.25, 0.3) is 0 Å². The number of anilines is 1. The summed E-state index contributed by atoms with van der Waals surface area (Å²) in [6.07, 6.45) is 3.87. The molecule has 1 aromatic carbocycles. The maximum Gasteiger partial charge on any atom is 0.188 e. The Balaban J connectivity index is 0.00000264. The van der Waals surface area contributed by atoms with E-state index >= 15 is 0 Å². The highest BCUT2D eigenvalue weighted by Crippen LogP contribution is 2.25. The molecule has 1 aliphatic carbocycles. The van der Waals surface area contributed by atoms with E-state index in [-0.39, 0.29) is 29.8 Å². The Morgan fingerprint density at radius 1 is 1.35 bits per heavy atom. The molecule has 1 aromatic rings. The van der Waals surface area contributed by atoms with E-state index in [0.29, 0.717) is 18.2 Å². The summed E-state index contributed by atoms with van der Waals surface area (Å²) in [4.78, 5) is 6.28. The first kappa shape index (κ1) is 20.0. The number of halogens is 2. The molecule has 1 fully saturated rings. The van der Waals surface area contributed by atoms with Crippen molar-refractivity contribution in [2.75, 3.05) is 24.5 Å². The molecule has 0 radical (unpaired) electrons. The molecule has 0 atom stereocenters. The molecule has 0 unspecified atom stereocenters. The lowest BCUT2D eigenvalue weighted by molar-refractivity contribution is 0.315. The van der Waals surface area contributed by atoms with E-state index < -0.39 is 0 Å². The highest BCUT2D eigenvalue weighted by atomic mass is 127. The lowest BCUT2D eigenvalue weighted by Gasteiger charge is -2.25. The van der Waals surface area contributed by atoms with Gasteiger partial charge in [-0.05, 0) is 50.3 Å². The van der Waals surface area contributed by atoms with Crippen LogP contribution in [0.25, 0.3) is 0 Å². The second kappa shape index (κ2) is 9.95. The number of nitrogens with two attached hydrogens (primary N) is 1. The molecule has 0 spiro atoms. The molecule has 2 rings (SSSR count). The zero-order chi connectivity index (χ0) is 15.9. The van der Waals surface area contributed by atoms with E-state index in [1.54, 1.807) is 6.07 Å². The fourth-order valence-electron chi connectivity index (χ4n) is 2.65. The summed E-state index contributed by atoms with van der Waals surface area (Å²) in [6.45, 7) is 6.93. The molecule has 0 aliphatic heterocycles. The van der Waals surface area contributed by atoms with Gasteiger partial charge in [0.05, 0.1) is 12.2 Å². The number of nitrogens with zero attached hydrogens (tertiary/aromatic N) is 2. The van der Waals surface area contributed by atoms with Crippen molar-refractivity contribution in [2.24, 2.45) is 16.6 Å². The monoisotopic (exact) mass is 434 g/mol. The first-order valence-corrected chi connectivity index (χ1v) is 8.21. The predicted molar refractivity (Wildman–Crippen MR) is 106 cm³/mol. The third-order valence-corrected chi connectivity index (χ3v) is 4.34. The van der Waals surface area contributed by atoms with E-state index in [9.17, 15) is 4.39 Å². The summed E-state index contributed by atoms with van der Waals surface area (Å²) >= 11 is 0. The lowest BCUT2D eigenvalue weighted by atomic mass is 9.85. The molecule has 1 saturated carbocycles. The van der Waals surface area contributed by atoms with Gasteiger partial charge in [0, 0.05) is 19.6 Å². The van der Waals surface area contributed by atoms with Crippen molar-refractivity contribution in [2.45, 2.75) is 39.7 Å². The smallest absolute Gasteiger partial charge is 0.188 e. The summed E-state index contributed by atoms with van der Waals surface area (Å²) in [5, 5.41) is 3.14. The highest BCUT2D eigenvalue weighted by molar-refractivity contribution is 14.0. The van der Waals surface area contributed by atoms with Gasteiger partial charge in [-0.15, -0.1) is 24.0 Å². The van der Waals surface area contributed by atoms with Crippen LogP contribution in [0.1, 0.15) is 38.7 Å². The molecule has 1 aliphatic rings. The Hall–Kier alpha value is -1.05. The summed E-state index contributed by atoms with van der Waals surface area (Å²) in [5.74, 6) is 0.983. The number of aliphatic imine (C=N–C) groups is 1. The van der Waals surface area contributed by atoms with E-state index in [4.69, 9.17) is 5.73 Å². The van der Waals surface area contributed by atoms with Gasteiger partial charge in [0.2, 0.25) is 0 Å². The quantitative estimate of drug-likeness (QED) is 0.393. The van der Waals surface area contributed by atoms with E-state index in [2.05, 4.69) is 10.3 Å². The Morgan fingerprint density at radius 3 is 2.57 bits per heavy atom. The van der Waals surface area contributed by atoms with Crippen LogP contribution in [-0.2, 0) is 6.54 Å². The van der Waals surface area contributed by atoms with E-state index in [0.717, 1.165) is 31.1 Å². The third-order valence-electron chi connectivity index (χ3n) is 4.34. The number of hydrogen-bond acceptors (Lipinski definition) is 2. The topological polar surface area (TPSA) is 53.6 Å². The minimum atomic E-state index is -0.197. The molecule has 0 heterocycles. The highest BCUT2D eigenvalue weighted by Gasteiger charge is 2.16. The van der Waals surface area contributed by atoms with Crippen LogP contribution in [0.3, 0.4) is 0 Å². The standard InChI is InChI=1S/C17H27FN4.HI/c1-3-22(4-2)16-9-8-14(10-15(16)18)12-21-17(19)20-11-13-6-5-7-13;/h8-10,13H,3-7,11-12H2,1-2H3,(H3,19,20,21);1H. The lowest BCUT2D eigenvalue weighted by Crippen LogP contribution is -2.37. The van der Waals surface area contributed by atoms with Crippen molar-refractivity contribution in [3.63, 3.8) is 0 Å². The van der Waals surface area contributed by atoms with Gasteiger partial charge in [-0.3, -0.25) is 0 Å². The third kappa shape index (κ3) is 5.82. The van der Waals surface area contributed by atoms with Gasteiger partial charge in [-0.1, -0.05) is 12.5 Å². The summed E-state index contributed by atoms with van der Waals surface area (Å²) in [5.41, 5.74) is 7.33. The van der Waals surface area contributed by atoms with Crippen LogP contribution in [0.2, 0.25) is 0 Å². The first-order chi connectivity index (χ1) is 10.6. The van der Waals surface area contributed by atoms with Crippen LogP contribution < -0.4 is 16.0 Å². The van der Waals surface area contributed by atoms with Gasteiger partial charge in [0.15, 0.2) is 5.96 Å². The summed E-state index contributed by atoms with van der Waals surface area (Å²) in [6, 6.07) is 5.29. The molecule has 130 valence electrons. The van der Waals surface area contributed by atoms with Gasteiger partial charge < -0.3 is 16.0 Å². The minimum Gasteiger partial charge on any atom is -0.370 e. The van der Waals surface area contributed by atoms with Gasteiger partial charge in [-0.2, -0.15) is 0 Å². The normalized spacial score (nSPS) is 14.8. The Bertz CT molecular complexity index is 513. The van der Waals surface area contributed by atoms with Crippen LogP contribution in [0, 0.1) is 11.7 Å². The van der Waals surface area contributed by atoms with Crippen LogP contribution >= 0.6 is 24.0 Å². The molecule has 0 bridgehead atoms. The van der Waals surface area contributed by atoms with Crippen LogP contribution in [0.5, 0.6) is 0 Å². The zero-order valence-electron chi connectivity index (χ0n) is 14.0. The molecular formula is C17H28FIN4. The maximum atomic E-state index is 14.2. The summed E-state index contributed by atoms with van der Waals surface area (Å²) in [7, 11) is 0. The maximum absolute atomic E-state index is 14.2.